The van der Waals surface area contributed by atoms with Crippen LogP contribution in [0, 0.1) is 5.41 Å². The van der Waals surface area contributed by atoms with Crippen molar-refractivity contribution < 1.29 is 13.9 Å². The van der Waals surface area contributed by atoms with E-state index in [1.807, 2.05) is 18.2 Å². The lowest BCUT2D eigenvalue weighted by molar-refractivity contribution is -0.113. The number of nitrogens with zero attached hydrogens (tertiary/aromatic N) is 2. The summed E-state index contributed by atoms with van der Waals surface area (Å²) in [6, 6.07) is 14.4. The monoisotopic (exact) mass is 377 g/mol. The molecular weight excluding hydrogens is 362 g/mol. The number of methoxy groups -OCH3 is 1. The number of hydrogen-bond acceptors (Lipinski definition) is 6. The zero-order chi connectivity index (χ0) is 18.8. The maximum Gasteiger partial charge on any atom is 0.271 e. The number of amidine groups is 1. The molecule has 134 valence electrons. The number of carbonyl (C=O) groups excluding carboxylic acids is 1. The Morgan fingerprint density at radius 2 is 2.00 bits per heavy atom. The lowest BCUT2D eigenvalue weighted by Crippen LogP contribution is -2.27. The minimum Gasteiger partial charge on any atom is -0.497 e. The number of ether oxygens (including phenoxy) is 1. The number of rotatable bonds is 4. The van der Waals surface area contributed by atoms with E-state index in [2.05, 4.69) is 4.98 Å². The van der Waals surface area contributed by atoms with Crippen LogP contribution >= 0.6 is 11.8 Å². The Balaban J connectivity index is 1.59. The fraction of sp³-hybridized carbons (Fsp3) is 0.0500. The number of carbonyl (C=O) groups is 1. The third-order valence-corrected chi connectivity index (χ3v) is 4.89. The van der Waals surface area contributed by atoms with Gasteiger partial charge in [-0.3, -0.25) is 20.1 Å². The summed E-state index contributed by atoms with van der Waals surface area (Å²) in [6.45, 7) is 0. The number of aromatic nitrogens is 1. The maximum absolute atomic E-state index is 12.8. The second-order valence-corrected chi connectivity index (χ2v) is 6.73. The zero-order valence-electron chi connectivity index (χ0n) is 14.4. The number of benzene rings is 1. The van der Waals surface area contributed by atoms with Gasteiger partial charge >= 0.3 is 0 Å². The minimum absolute atomic E-state index is 0.149. The van der Waals surface area contributed by atoms with E-state index in [0.717, 1.165) is 17.3 Å². The Bertz CT molecular complexity index is 1030. The summed E-state index contributed by atoms with van der Waals surface area (Å²) in [5.41, 5.74) is 1.48. The first-order chi connectivity index (χ1) is 13.2. The first kappa shape index (κ1) is 17.1. The number of nitrogens with one attached hydrogen (secondary N) is 1. The van der Waals surface area contributed by atoms with Crippen molar-refractivity contribution in [3.63, 3.8) is 0 Å². The highest BCUT2D eigenvalue weighted by atomic mass is 32.2. The molecule has 6 nitrogen and oxygen atoms in total. The average Bonchev–Trinajstić information content (AvgIpc) is 3.27. The summed E-state index contributed by atoms with van der Waals surface area (Å²) in [5.74, 6) is 1.66. The lowest BCUT2D eigenvalue weighted by atomic mass is 10.2. The second kappa shape index (κ2) is 7.13. The Hall–Kier alpha value is -3.32. The highest BCUT2D eigenvalue weighted by Gasteiger charge is 2.33. The Morgan fingerprint density at radius 1 is 1.19 bits per heavy atom. The van der Waals surface area contributed by atoms with Crippen LogP contribution in [0.3, 0.4) is 0 Å². The van der Waals surface area contributed by atoms with E-state index < -0.39 is 0 Å². The van der Waals surface area contributed by atoms with Crippen molar-refractivity contribution in [1.82, 2.24) is 4.98 Å². The number of hydrogen-bond donors (Lipinski definition) is 1. The molecule has 0 atom stereocenters. The molecule has 1 saturated heterocycles. The SMILES string of the molecule is COc1ccc(N2C(=N)S/C(=C\c3ccc(-c4cccnc4)o3)C2=O)cc1. The van der Waals surface area contributed by atoms with Crippen LogP contribution in [0.15, 0.2) is 70.2 Å². The first-order valence-corrected chi connectivity index (χ1v) is 8.94. The molecule has 3 heterocycles. The molecule has 0 spiro atoms. The lowest BCUT2D eigenvalue weighted by Gasteiger charge is -2.14. The van der Waals surface area contributed by atoms with Crippen LogP contribution in [0.1, 0.15) is 5.76 Å². The Morgan fingerprint density at radius 3 is 2.70 bits per heavy atom. The predicted molar refractivity (Wildman–Crippen MR) is 106 cm³/mol. The summed E-state index contributed by atoms with van der Waals surface area (Å²) in [7, 11) is 1.58. The van der Waals surface area contributed by atoms with Gasteiger partial charge in [0.25, 0.3) is 5.91 Å². The van der Waals surface area contributed by atoms with E-state index in [1.165, 1.54) is 4.90 Å². The van der Waals surface area contributed by atoms with Gasteiger partial charge in [-0.1, -0.05) is 0 Å². The number of amides is 1. The van der Waals surface area contributed by atoms with Crippen molar-refractivity contribution >= 4 is 34.6 Å². The number of furan rings is 1. The predicted octanol–water partition coefficient (Wildman–Crippen LogP) is 4.41. The van der Waals surface area contributed by atoms with Gasteiger partial charge in [0.15, 0.2) is 5.17 Å². The molecule has 1 N–H and O–H groups in total. The maximum atomic E-state index is 12.8. The van der Waals surface area contributed by atoms with Gasteiger partial charge in [-0.2, -0.15) is 0 Å². The fourth-order valence-electron chi connectivity index (χ4n) is 2.68. The van der Waals surface area contributed by atoms with Crippen molar-refractivity contribution in [3.8, 4) is 17.1 Å². The van der Waals surface area contributed by atoms with E-state index in [9.17, 15) is 4.79 Å². The Labute approximate surface area is 160 Å². The van der Waals surface area contributed by atoms with Gasteiger partial charge in [0.2, 0.25) is 0 Å². The molecule has 0 saturated carbocycles. The van der Waals surface area contributed by atoms with Gasteiger partial charge in [-0.25, -0.2) is 0 Å². The average molecular weight is 377 g/mol. The zero-order valence-corrected chi connectivity index (χ0v) is 15.2. The standard InChI is InChI=1S/C20H15N3O3S/c1-25-15-6-4-14(5-7-15)23-19(24)18(27-20(23)21)11-16-8-9-17(26-16)13-3-2-10-22-12-13/h2-12,21H,1H3/b18-11-,21-20?. The summed E-state index contributed by atoms with van der Waals surface area (Å²) < 4.78 is 10.9. The smallest absolute Gasteiger partial charge is 0.271 e. The molecule has 0 radical (unpaired) electrons. The van der Waals surface area contributed by atoms with Crippen LogP contribution in [0.25, 0.3) is 17.4 Å². The molecule has 7 heteroatoms. The molecule has 3 aromatic rings. The van der Waals surface area contributed by atoms with E-state index in [-0.39, 0.29) is 11.1 Å². The molecule has 0 aliphatic carbocycles. The van der Waals surface area contributed by atoms with Gasteiger partial charge in [-0.05, 0) is 60.3 Å². The van der Waals surface area contributed by atoms with Gasteiger partial charge in [0.1, 0.15) is 17.3 Å². The quantitative estimate of drug-likeness (QED) is 0.682. The highest BCUT2D eigenvalue weighted by molar-refractivity contribution is 8.19. The third kappa shape index (κ3) is 3.37. The molecule has 1 aliphatic heterocycles. The molecule has 1 aromatic carbocycles. The molecule has 2 aromatic heterocycles. The van der Waals surface area contributed by atoms with Crippen LogP contribution in [-0.4, -0.2) is 23.2 Å². The van der Waals surface area contributed by atoms with Crippen LogP contribution in [0.2, 0.25) is 0 Å². The van der Waals surface area contributed by atoms with Crippen LogP contribution < -0.4 is 9.64 Å². The van der Waals surface area contributed by atoms with E-state index in [0.29, 0.717) is 27.9 Å². The second-order valence-electron chi connectivity index (χ2n) is 5.70. The van der Waals surface area contributed by atoms with Gasteiger partial charge in [0.05, 0.1) is 17.7 Å². The molecule has 0 unspecified atom stereocenters. The van der Waals surface area contributed by atoms with Crippen LogP contribution in [-0.2, 0) is 4.79 Å². The van der Waals surface area contributed by atoms with Crippen molar-refractivity contribution in [1.29, 1.82) is 5.41 Å². The topological polar surface area (TPSA) is 79.4 Å². The minimum atomic E-state index is -0.255. The summed E-state index contributed by atoms with van der Waals surface area (Å²) >= 11 is 1.10. The van der Waals surface area contributed by atoms with Crippen LogP contribution in [0.5, 0.6) is 5.75 Å². The van der Waals surface area contributed by atoms with Crippen molar-refractivity contribution in [2.75, 3.05) is 12.0 Å². The van der Waals surface area contributed by atoms with E-state index in [4.69, 9.17) is 14.6 Å². The van der Waals surface area contributed by atoms with Gasteiger partial charge in [0, 0.05) is 24.0 Å². The number of anilines is 1. The molecule has 0 bridgehead atoms. The normalized spacial score (nSPS) is 15.6. The number of thioether (sulfide) groups is 1. The summed E-state index contributed by atoms with van der Waals surface area (Å²) in [4.78, 5) is 18.6. The van der Waals surface area contributed by atoms with Gasteiger partial charge in [-0.15, -0.1) is 0 Å². The van der Waals surface area contributed by atoms with E-state index in [1.54, 1.807) is 55.9 Å². The third-order valence-electron chi connectivity index (χ3n) is 4.00. The molecule has 1 fully saturated rings. The largest absolute Gasteiger partial charge is 0.497 e. The Kier molecular flexibility index (Phi) is 4.52. The van der Waals surface area contributed by atoms with E-state index >= 15 is 0 Å². The first-order valence-electron chi connectivity index (χ1n) is 8.12. The number of pyridine rings is 1. The van der Waals surface area contributed by atoms with Crippen molar-refractivity contribution in [2.45, 2.75) is 0 Å². The van der Waals surface area contributed by atoms with Crippen molar-refractivity contribution in [2.24, 2.45) is 0 Å². The highest BCUT2D eigenvalue weighted by Crippen LogP contribution is 2.36. The summed E-state index contributed by atoms with van der Waals surface area (Å²) in [5, 5.41) is 8.31. The molecule has 1 aliphatic rings. The molecule has 27 heavy (non-hydrogen) atoms. The molecular formula is C20H15N3O3S. The van der Waals surface area contributed by atoms with Crippen LogP contribution in [0.4, 0.5) is 5.69 Å². The fourth-order valence-corrected chi connectivity index (χ4v) is 3.52. The van der Waals surface area contributed by atoms with Gasteiger partial charge < -0.3 is 9.15 Å². The molecule has 1 amide bonds. The molecule has 4 rings (SSSR count). The summed E-state index contributed by atoms with van der Waals surface area (Å²) in [6.07, 6.45) is 5.07. The van der Waals surface area contributed by atoms with Crippen molar-refractivity contribution in [3.05, 3.63) is 71.6 Å².